The Morgan fingerprint density at radius 2 is 2.29 bits per heavy atom. The lowest BCUT2D eigenvalue weighted by Crippen LogP contribution is -2.55. The Hall–Kier alpha value is -1.89. The average molecular weight is 295 g/mol. The van der Waals surface area contributed by atoms with E-state index in [0.717, 1.165) is 12.8 Å². The van der Waals surface area contributed by atoms with Gasteiger partial charge in [-0.25, -0.2) is 0 Å². The van der Waals surface area contributed by atoms with Gasteiger partial charge in [0.2, 0.25) is 11.8 Å². The summed E-state index contributed by atoms with van der Waals surface area (Å²) in [7, 11) is 0. The third kappa shape index (κ3) is 3.60. The summed E-state index contributed by atoms with van der Waals surface area (Å²) in [6.07, 6.45) is 1.72. The highest BCUT2D eigenvalue weighted by atomic mass is 16.5. The fraction of sp³-hybridized carbons (Fsp3) is 0.643. The first-order valence-electron chi connectivity index (χ1n) is 6.99. The number of likely N-dealkylation sites (tertiary alicyclic amines) is 1. The number of aryl methyl sites for hydroxylation is 1. The standard InChI is InChI=1S/C14H21N3O4/c1-9-7-11(21-16-9)15-10(18)8-17-6-4-5-14(2,3)12(17)13(19)20/h7,12H,4-6,8H2,1-3H3,(H,15,18)(H,19,20). The third-order valence-electron chi connectivity index (χ3n) is 3.84. The van der Waals surface area contributed by atoms with Crippen molar-refractivity contribution in [3.05, 3.63) is 11.8 Å². The largest absolute Gasteiger partial charge is 0.480 e. The van der Waals surface area contributed by atoms with E-state index in [1.54, 1.807) is 17.9 Å². The number of piperidine rings is 1. The normalized spacial score (nSPS) is 22.0. The topological polar surface area (TPSA) is 95.7 Å². The number of hydrogen-bond acceptors (Lipinski definition) is 5. The van der Waals surface area contributed by atoms with Crippen LogP contribution in [0, 0.1) is 12.3 Å². The molecule has 0 spiro atoms. The van der Waals surface area contributed by atoms with E-state index in [4.69, 9.17) is 4.52 Å². The van der Waals surface area contributed by atoms with Gasteiger partial charge in [-0.15, -0.1) is 0 Å². The number of carbonyl (C=O) groups excluding carboxylic acids is 1. The molecule has 1 aromatic heterocycles. The highest BCUT2D eigenvalue weighted by Crippen LogP contribution is 2.35. The monoisotopic (exact) mass is 295 g/mol. The van der Waals surface area contributed by atoms with Crippen LogP contribution in [0.15, 0.2) is 10.6 Å². The molecule has 0 radical (unpaired) electrons. The summed E-state index contributed by atoms with van der Waals surface area (Å²) in [6, 6.07) is 0.959. The zero-order valence-electron chi connectivity index (χ0n) is 12.5. The van der Waals surface area contributed by atoms with Crippen LogP contribution in [0.4, 0.5) is 5.88 Å². The molecular formula is C14H21N3O4. The number of carbonyl (C=O) groups is 2. The molecule has 0 saturated carbocycles. The van der Waals surface area contributed by atoms with Crippen molar-refractivity contribution in [1.29, 1.82) is 0 Å². The molecule has 1 unspecified atom stereocenters. The van der Waals surface area contributed by atoms with Crippen LogP contribution in [0.1, 0.15) is 32.4 Å². The van der Waals surface area contributed by atoms with Gasteiger partial charge in [0.05, 0.1) is 12.2 Å². The van der Waals surface area contributed by atoms with E-state index in [0.29, 0.717) is 12.2 Å². The van der Waals surface area contributed by atoms with E-state index in [9.17, 15) is 14.7 Å². The molecule has 1 atom stereocenters. The summed E-state index contributed by atoms with van der Waals surface area (Å²) >= 11 is 0. The number of nitrogens with zero attached hydrogens (tertiary/aromatic N) is 2. The van der Waals surface area contributed by atoms with Crippen LogP contribution in [-0.2, 0) is 9.59 Å². The number of carboxylic acid groups (broad SMARTS) is 1. The molecule has 1 aliphatic heterocycles. The number of rotatable bonds is 4. The Labute approximate surface area is 123 Å². The SMILES string of the molecule is Cc1cc(NC(=O)CN2CCCC(C)(C)C2C(=O)O)on1. The molecule has 21 heavy (non-hydrogen) atoms. The van der Waals surface area contributed by atoms with E-state index in [-0.39, 0.29) is 23.8 Å². The first-order chi connectivity index (χ1) is 9.79. The van der Waals surface area contributed by atoms with Gasteiger partial charge in [-0.05, 0) is 31.7 Å². The lowest BCUT2D eigenvalue weighted by Gasteiger charge is -2.43. The predicted molar refractivity (Wildman–Crippen MR) is 75.9 cm³/mol. The van der Waals surface area contributed by atoms with E-state index < -0.39 is 12.0 Å². The molecule has 7 heteroatoms. The molecule has 0 aromatic carbocycles. The molecule has 2 rings (SSSR count). The van der Waals surface area contributed by atoms with Crippen LogP contribution in [-0.4, -0.2) is 46.2 Å². The molecule has 1 fully saturated rings. The smallest absolute Gasteiger partial charge is 0.321 e. The molecule has 0 bridgehead atoms. The summed E-state index contributed by atoms with van der Waals surface area (Å²) in [6.45, 7) is 6.24. The van der Waals surface area contributed by atoms with Crippen LogP contribution < -0.4 is 5.32 Å². The van der Waals surface area contributed by atoms with Crippen molar-refractivity contribution < 1.29 is 19.2 Å². The predicted octanol–water partition coefficient (Wildman–Crippen LogP) is 1.50. The highest BCUT2D eigenvalue weighted by molar-refractivity contribution is 5.91. The fourth-order valence-electron chi connectivity index (χ4n) is 2.94. The number of aromatic nitrogens is 1. The minimum absolute atomic E-state index is 0.0279. The lowest BCUT2D eigenvalue weighted by atomic mass is 9.76. The van der Waals surface area contributed by atoms with Gasteiger partial charge in [0.25, 0.3) is 0 Å². The van der Waals surface area contributed by atoms with Gasteiger partial charge >= 0.3 is 5.97 Å². The highest BCUT2D eigenvalue weighted by Gasteiger charge is 2.42. The van der Waals surface area contributed by atoms with Crippen LogP contribution in [0.25, 0.3) is 0 Å². The second-order valence-electron chi connectivity index (χ2n) is 6.18. The summed E-state index contributed by atoms with van der Waals surface area (Å²) in [5.74, 6) is -0.904. The number of amides is 1. The molecule has 7 nitrogen and oxygen atoms in total. The van der Waals surface area contributed by atoms with E-state index in [1.165, 1.54) is 0 Å². The summed E-state index contributed by atoms with van der Waals surface area (Å²) in [4.78, 5) is 25.3. The van der Waals surface area contributed by atoms with Gasteiger partial charge < -0.3 is 9.63 Å². The molecule has 2 heterocycles. The zero-order valence-corrected chi connectivity index (χ0v) is 12.5. The van der Waals surface area contributed by atoms with Gasteiger partial charge in [-0.3, -0.25) is 19.8 Å². The maximum atomic E-state index is 12.0. The molecule has 1 aliphatic rings. The number of carboxylic acids is 1. The van der Waals surface area contributed by atoms with Crippen molar-refractivity contribution in [1.82, 2.24) is 10.1 Å². The van der Waals surface area contributed by atoms with Crippen molar-refractivity contribution >= 4 is 17.8 Å². The third-order valence-corrected chi connectivity index (χ3v) is 3.84. The van der Waals surface area contributed by atoms with E-state index in [2.05, 4.69) is 10.5 Å². The number of nitrogens with one attached hydrogen (secondary N) is 1. The first-order valence-corrected chi connectivity index (χ1v) is 6.99. The van der Waals surface area contributed by atoms with Crippen molar-refractivity contribution in [3.8, 4) is 0 Å². The van der Waals surface area contributed by atoms with Gasteiger partial charge in [0.1, 0.15) is 6.04 Å². The number of anilines is 1. The lowest BCUT2D eigenvalue weighted by molar-refractivity contribution is -0.151. The Morgan fingerprint density at radius 1 is 1.57 bits per heavy atom. The van der Waals surface area contributed by atoms with Crippen LogP contribution >= 0.6 is 0 Å². The Bertz CT molecular complexity index is 538. The maximum absolute atomic E-state index is 12.0. The van der Waals surface area contributed by atoms with E-state index >= 15 is 0 Å². The average Bonchev–Trinajstić information content (AvgIpc) is 2.72. The molecule has 0 aliphatic carbocycles. The second-order valence-corrected chi connectivity index (χ2v) is 6.18. The van der Waals surface area contributed by atoms with Crippen LogP contribution in [0.3, 0.4) is 0 Å². The van der Waals surface area contributed by atoms with Crippen LogP contribution in [0.5, 0.6) is 0 Å². The van der Waals surface area contributed by atoms with Gasteiger partial charge in [-0.2, -0.15) is 0 Å². The van der Waals surface area contributed by atoms with Crippen molar-refractivity contribution in [2.45, 2.75) is 39.7 Å². The van der Waals surface area contributed by atoms with Crippen molar-refractivity contribution in [3.63, 3.8) is 0 Å². The zero-order chi connectivity index (χ0) is 15.6. The van der Waals surface area contributed by atoms with Crippen molar-refractivity contribution in [2.24, 2.45) is 5.41 Å². The summed E-state index contributed by atoms with van der Waals surface area (Å²) < 4.78 is 4.92. The quantitative estimate of drug-likeness (QED) is 0.874. The van der Waals surface area contributed by atoms with E-state index in [1.807, 2.05) is 13.8 Å². The molecular weight excluding hydrogens is 274 g/mol. The Balaban J connectivity index is 2.02. The molecule has 1 amide bonds. The van der Waals surface area contributed by atoms with Crippen LogP contribution in [0.2, 0.25) is 0 Å². The minimum atomic E-state index is -0.886. The Kier molecular flexibility index (Phi) is 4.32. The number of aliphatic carboxylic acids is 1. The van der Waals surface area contributed by atoms with Gasteiger partial charge in [0.15, 0.2) is 0 Å². The minimum Gasteiger partial charge on any atom is -0.480 e. The first kappa shape index (κ1) is 15.5. The molecule has 116 valence electrons. The fourth-order valence-corrected chi connectivity index (χ4v) is 2.94. The maximum Gasteiger partial charge on any atom is 0.321 e. The Morgan fingerprint density at radius 3 is 2.86 bits per heavy atom. The number of hydrogen-bond donors (Lipinski definition) is 2. The summed E-state index contributed by atoms with van der Waals surface area (Å²) in [5.41, 5.74) is 0.320. The summed E-state index contributed by atoms with van der Waals surface area (Å²) in [5, 5.41) is 15.7. The second kappa shape index (κ2) is 5.85. The van der Waals surface area contributed by atoms with Crippen molar-refractivity contribution in [2.75, 3.05) is 18.4 Å². The molecule has 2 N–H and O–H groups in total. The molecule has 1 saturated heterocycles. The van der Waals surface area contributed by atoms with Gasteiger partial charge in [-0.1, -0.05) is 19.0 Å². The molecule has 1 aromatic rings. The van der Waals surface area contributed by atoms with Gasteiger partial charge in [0, 0.05) is 6.07 Å².